The number of hydrogen-bond donors (Lipinski definition) is 3. The van der Waals surface area contributed by atoms with Crippen LogP contribution in [0, 0.1) is 0 Å². The molecule has 1 aliphatic rings. The Balaban J connectivity index is 2.44. The molecule has 16 heavy (non-hydrogen) atoms. The number of carbonyl (C=O) groups excluding carboxylic acids is 2. The third-order valence-electron chi connectivity index (χ3n) is 2.78. The summed E-state index contributed by atoms with van der Waals surface area (Å²) in [5, 5.41) is 5.27. The highest BCUT2D eigenvalue weighted by molar-refractivity contribution is 6.06. The van der Waals surface area contributed by atoms with Crippen LogP contribution in [0.25, 0.3) is 0 Å². The van der Waals surface area contributed by atoms with Gasteiger partial charge in [0, 0.05) is 11.4 Å². The lowest BCUT2D eigenvalue weighted by Crippen LogP contribution is -2.27. The van der Waals surface area contributed by atoms with E-state index in [4.69, 9.17) is 5.73 Å². The van der Waals surface area contributed by atoms with E-state index in [0.717, 1.165) is 11.3 Å². The average molecular weight is 219 g/mol. The van der Waals surface area contributed by atoms with Gasteiger partial charge in [0.2, 0.25) is 5.91 Å². The molecule has 0 saturated carbocycles. The Hall–Kier alpha value is -2.04. The fourth-order valence-electron chi connectivity index (χ4n) is 1.79. The molecule has 0 aromatic heterocycles. The molecule has 1 aromatic rings. The Kier molecular flexibility index (Phi) is 2.11. The molecule has 0 radical (unpaired) electrons. The zero-order chi connectivity index (χ0) is 11.9. The predicted octanol–water partition coefficient (Wildman–Crippen LogP) is 1.41. The molecular formula is C11H13N3O2. The average Bonchev–Trinajstić information content (AvgIpc) is 2.39. The van der Waals surface area contributed by atoms with Crippen molar-refractivity contribution in [3.63, 3.8) is 0 Å². The van der Waals surface area contributed by atoms with E-state index < -0.39 is 11.4 Å². The van der Waals surface area contributed by atoms with E-state index in [1.165, 1.54) is 0 Å². The maximum atomic E-state index is 11.7. The number of rotatable bonds is 1. The summed E-state index contributed by atoms with van der Waals surface area (Å²) in [7, 11) is 0. The van der Waals surface area contributed by atoms with Crippen LogP contribution in [0.4, 0.5) is 16.2 Å². The van der Waals surface area contributed by atoms with Crippen LogP contribution in [0.3, 0.4) is 0 Å². The SMILES string of the molecule is CC1(C)C(=O)Nc2ccc(NC(N)=O)cc21. The first kappa shape index (κ1) is 10.5. The number of nitrogens with two attached hydrogens (primary N) is 1. The van der Waals surface area contributed by atoms with Crippen molar-refractivity contribution in [3.05, 3.63) is 23.8 Å². The lowest BCUT2D eigenvalue weighted by Gasteiger charge is -2.15. The second-order valence-corrected chi connectivity index (χ2v) is 4.33. The normalized spacial score (nSPS) is 16.5. The van der Waals surface area contributed by atoms with E-state index in [1.807, 2.05) is 13.8 Å². The minimum absolute atomic E-state index is 0.0428. The number of fused-ring (bicyclic) bond motifs is 1. The molecule has 0 spiro atoms. The zero-order valence-corrected chi connectivity index (χ0v) is 9.13. The third kappa shape index (κ3) is 1.50. The number of amides is 3. The van der Waals surface area contributed by atoms with Crippen molar-refractivity contribution in [2.24, 2.45) is 5.73 Å². The van der Waals surface area contributed by atoms with Crippen molar-refractivity contribution in [3.8, 4) is 0 Å². The zero-order valence-electron chi connectivity index (χ0n) is 9.13. The van der Waals surface area contributed by atoms with E-state index in [9.17, 15) is 9.59 Å². The van der Waals surface area contributed by atoms with Gasteiger partial charge >= 0.3 is 6.03 Å². The Bertz CT molecular complexity index is 480. The van der Waals surface area contributed by atoms with Crippen LogP contribution < -0.4 is 16.4 Å². The molecule has 1 aliphatic heterocycles. The van der Waals surface area contributed by atoms with Crippen molar-refractivity contribution >= 4 is 23.3 Å². The summed E-state index contributed by atoms with van der Waals surface area (Å²) in [5.41, 5.74) is 6.69. The minimum atomic E-state index is -0.616. The van der Waals surface area contributed by atoms with Gasteiger partial charge in [-0.3, -0.25) is 4.79 Å². The Morgan fingerprint density at radius 3 is 2.75 bits per heavy atom. The van der Waals surface area contributed by atoms with Gasteiger partial charge in [-0.05, 0) is 37.6 Å². The van der Waals surface area contributed by atoms with Gasteiger partial charge in [-0.15, -0.1) is 0 Å². The fraction of sp³-hybridized carbons (Fsp3) is 0.273. The van der Waals surface area contributed by atoms with Crippen molar-refractivity contribution in [1.29, 1.82) is 0 Å². The fourth-order valence-corrected chi connectivity index (χ4v) is 1.79. The van der Waals surface area contributed by atoms with Crippen molar-refractivity contribution in [1.82, 2.24) is 0 Å². The maximum absolute atomic E-state index is 11.7. The number of carbonyl (C=O) groups is 2. The molecule has 0 fully saturated rings. The molecule has 5 heteroatoms. The Morgan fingerprint density at radius 2 is 2.12 bits per heavy atom. The van der Waals surface area contributed by atoms with Crippen LogP contribution in [0.2, 0.25) is 0 Å². The number of anilines is 2. The minimum Gasteiger partial charge on any atom is -0.351 e. The Labute approximate surface area is 93.0 Å². The van der Waals surface area contributed by atoms with Crippen molar-refractivity contribution in [2.45, 2.75) is 19.3 Å². The lowest BCUT2D eigenvalue weighted by molar-refractivity contribution is -0.119. The standard InChI is InChI=1S/C11H13N3O2/c1-11(2)7-5-6(13-10(12)16)3-4-8(7)14-9(11)15/h3-5H,1-2H3,(H,14,15)(H3,12,13,16). The largest absolute Gasteiger partial charge is 0.351 e. The van der Waals surface area contributed by atoms with Crippen LogP contribution >= 0.6 is 0 Å². The van der Waals surface area contributed by atoms with Gasteiger partial charge in [-0.1, -0.05) is 0 Å². The summed E-state index contributed by atoms with van der Waals surface area (Å²) in [6, 6.07) is 4.60. The van der Waals surface area contributed by atoms with Crippen LogP contribution in [0.5, 0.6) is 0 Å². The van der Waals surface area contributed by atoms with Crippen LogP contribution in [0.15, 0.2) is 18.2 Å². The second-order valence-electron chi connectivity index (χ2n) is 4.33. The van der Waals surface area contributed by atoms with E-state index in [1.54, 1.807) is 18.2 Å². The highest BCUT2D eigenvalue weighted by Gasteiger charge is 2.38. The molecule has 0 unspecified atom stereocenters. The molecule has 2 rings (SSSR count). The molecule has 84 valence electrons. The lowest BCUT2D eigenvalue weighted by atomic mass is 9.86. The molecule has 0 aliphatic carbocycles. The molecule has 3 amide bonds. The first-order valence-corrected chi connectivity index (χ1v) is 4.93. The summed E-state index contributed by atoms with van der Waals surface area (Å²) in [4.78, 5) is 22.4. The van der Waals surface area contributed by atoms with E-state index in [0.29, 0.717) is 5.69 Å². The predicted molar refractivity (Wildman–Crippen MR) is 61.3 cm³/mol. The number of nitrogens with one attached hydrogen (secondary N) is 2. The molecule has 1 aromatic carbocycles. The topological polar surface area (TPSA) is 84.2 Å². The summed E-state index contributed by atoms with van der Waals surface area (Å²) < 4.78 is 0. The number of hydrogen-bond acceptors (Lipinski definition) is 2. The second kappa shape index (κ2) is 3.23. The monoisotopic (exact) mass is 219 g/mol. The van der Waals surface area contributed by atoms with Gasteiger partial charge in [-0.2, -0.15) is 0 Å². The maximum Gasteiger partial charge on any atom is 0.316 e. The first-order chi connectivity index (χ1) is 7.41. The van der Waals surface area contributed by atoms with Crippen molar-refractivity contribution < 1.29 is 9.59 Å². The molecule has 5 nitrogen and oxygen atoms in total. The molecule has 0 saturated heterocycles. The summed E-state index contributed by atoms with van der Waals surface area (Å²) >= 11 is 0. The highest BCUT2D eigenvalue weighted by Crippen LogP contribution is 2.38. The highest BCUT2D eigenvalue weighted by atomic mass is 16.2. The van der Waals surface area contributed by atoms with Crippen LogP contribution in [-0.2, 0) is 10.2 Å². The Morgan fingerprint density at radius 1 is 1.44 bits per heavy atom. The summed E-state index contributed by atoms with van der Waals surface area (Å²) in [5.74, 6) is -0.0428. The first-order valence-electron chi connectivity index (χ1n) is 4.93. The van der Waals surface area contributed by atoms with Crippen LogP contribution in [0.1, 0.15) is 19.4 Å². The molecular weight excluding hydrogens is 206 g/mol. The van der Waals surface area contributed by atoms with Crippen molar-refractivity contribution in [2.75, 3.05) is 10.6 Å². The number of benzene rings is 1. The third-order valence-corrected chi connectivity index (χ3v) is 2.78. The van der Waals surface area contributed by atoms with E-state index >= 15 is 0 Å². The van der Waals surface area contributed by atoms with Gasteiger partial charge in [0.15, 0.2) is 0 Å². The van der Waals surface area contributed by atoms with E-state index in [2.05, 4.69) is 10.6 Å². The quantitative estimate of drug-likeness (QED) is 0.667. The number of urea groups is 1. The molecule has 0 atom stereocenters. The molecule has 0 bridgehead atoms. The van der Waals surface area contributed by atoms with Gasteiger partial charge in [0.05, 0.1) is 5.41 Å². The van der Waals surface area contributed by atoms with E-state index in [-0.39, 0.29) is 5.91 Å². The van der Waals surface area contributed by atoms with Gasteiger partial charge < -0.3 is 16.4 Å². The van der Waals surface area contributed by atoms with Gasteiger partial charge in [0.1, 0.15) is 0 Å². The van der Waals surface area contributed by atoms with Crippen LogP contribution in [-0.4, -0.2) is 11.9 Å². The van der Waals surface area contributed by atoms with Gasteiger partial charge in [-0.25, -0.2) is 4.79 Å². The summed E-state index contributed by atoms with van der Waals surface area (Å²) in [6.07, 6.45) is 0. The summed E-state index contributed by atoms with van der Waals surface area (Å²) in [6.45, 7) is 3.67. The van der Waals surface area contributed by atoms with Gasteiger partial charge in [0.25, 0.3) is 0 Å². The smallest absolute Gasteiger partial charge is 0.316 e. The molecule has 1 heterocycles. The number of primary amides is 1. The molecule has 4 N–H and O–H groups in total.